The summed E-state index contributed by atoms with van der Waals surface area (Å²) in [5.41, 5.74) is 6.07. The molecule has 5 unspecified atom stereocenters. The van der Waals surface area contributed by atoms with Gasteiger partial charge in [0.2, 0.25) is 0 Å². The Hall–Kier alpha value is -0.520. The Labute approximate surface area is 120 Å². The first-order valence-corrected chi connectivity index (χ1v) is 7.18. The van der Waals surface area contributed by atoms with Crippen molar-refractivity contribution in [2.24, 2.45) is 17.6 Å². The predicted molar refractivity (Wildman–Crippen MR) is 73.6 cm³/mol. The molecule has 1 aromatic carbocycles. The molecule has 0 aromatic heterocycles. The lowest BCUT2D eigenvalue weighted by molar-refractivity contribution is 0.0487. The zero-order chi connectivity index (χ0) is 14.3. The van der Waals surface area contributed by atoms with E-state index in [2.05, 4.69) is 15.9 Å². The van der Waals surface area contributed by atoms with Gasteiger partial charge in [-0.05, 0) is 47.8 Å². The first-order valence-electron chi connectivity index (χ1n) is 6.39. The summed E-state index contributed by atoms with van der Waals surface area (Å²) in [4.78, 5) is 0. The van der Waals surface area contributed by atoms with E-state index in [9.17, 15) is 8.78 Å². The number of halogens is 3. The quantitative estimate of drug-likeness (QED) is 0.836. The van der Waals surface area contributed by atoms with Crippen LogP contribution in [0, 0.1) is 23.5 Å². The molecule has 5 heteroatoms. The third kappa shape index (κ3) is 2.56. The molecule has 2 N–H and O–H groups in total. The minimum Gasteiger partial charge on any atom is -0.375 e. The maximum atomic E-state index is 14.1. The summed E-state index contributed by atoms with van der Waals surface area (Å²) in [5, 5.41) is 0. The Morgan fingerprint density at radius 1 is 1.21 bits per heavy atom. The predicted octanol–water partition coefficient (Wildman–Crippen LogP) is 3.79. The fourth-order valence-corrected chi connectivity index (χ4v) is 3.30. The number of ether oxygens (including phenoxy) is 1. The van der Waals surface area contributed by atoms with Crippen LogP contribution in [0.15, 0.2) is 16.6 Å². The molecule has 1 fully saturated rings. The van der Waals surface area contributed by atoms with E-state index in [4.69, 9.17) is 10.5 Å². The fourth-order valence-electron chi connectivity index (χ4n) is 2.95. The SMILES string of the molecule is CC1OC(C)C(C(N)c2c(F)ccc(Br)c2F)C1C. The zero-order valence-corrected chi connectivity index (χ0v) is 12.7. The van der Waals surface area contributed by atoms with Crippen LogP contribution < -0.4 is 5.73 Å². The molecule has 0 radical (unpaired) electrons. The minimum atomic E-state index is -0.715. The number of rotatable bonds is 2. The molecule has 1 heterocycles. The van der Waals surface area contributed by atoms with Crippen LogP contribution in [-0.4, -0.2) is 12.2 Å². The number of hydrogen-bond acceptors (Lipinski definition) is 2. The summed E-state index contributed by atoms with van der Waals surface area (Å²) in [6.07, 6.45) is -0.0675. The van der Waals surface area contributed by atoms with Crippen LogP contribution in [0.25, 0.3) is 0 Å². The number of benzene rings is 1. The van der Waals surface area contributed by atoms with Crippen molar-refractivity contribution in [3.63, 3.8) is 0 Å². The van der Waals surface area contributed by atoms with Crippen molar-refractivity contribution in [2.75, 3.05) is 0 Å². The molecular weight excluding hydrogens is 316 g/mol. The van der Waals surface area contributed by atoms with E-state index in [1.165, 1.54) is 12.1 Å². The standard InChI is InChI=1S/C14H18BrF2NO/c1-6-7(2)19-8(3)11(6)14(18)12-10(16)5-4-9(15)13(12)17/h4-8,11,14H,18H2,1-3H3. The van der Waals surface area contributed by atoms with Crippen LogP contribution in [0.5, 0.6) is 0 Å². The largest absolute Gasteiger partial charge is 0.375 e. The van der Waals surface area contributed by atoms with Crippen molar-refractivity contribution in [2.45, 2.75) is 39.0 Å². The lowest BCUT2D eigenvalue weighted by atomic mass is 9.80. The van der Waals surface area contributed by atoms with Crippen LogP contribution in [0.2, 0.25) is 0 Å². The molecule has 2 rings (SSSR count). The first-order chi connectivity index (χ1) is 8.84. The average molecular weight is 334 g/mol. The van der Waals surface area contributed by atoms with Crippen molar-refractivity contribution >= 4 is 15.9 Å². The third-order valence-corrected chi connectivity index (χ3v) is 4.76. The Balaban J connectivity index is 2.40. The smallest absolute Gasteiger partial charge is 0.145 e. The van der Waals surface area contributed by atoms with Gasteiger partial charge in [0.15, 0.2) is 0 Å². The molecule has 1 aliphatic rings. The summed E-state index contributed by atoms with van der Waals surface area (Å²) in [6.45, 7) is 5.87. The van der Waals surface area contributed by atoms with Gasteiger partial charge in [0.25, 0.3) is 0 Å². The molecular formula is C14H18BrF2NO. The van der Waals surface area contributed by atoms with Gasteiger partial charge in [0.1, 0.15) is 11.6 Å². The molecule has 2 nitrogen and oxygen atoms in total. The third-order valence-electron chi connectivity index (χ3n) is 4.15. The molecule has 0 spiro atoms. The summed E-state index contributed by atoms with van der Waals surface area (Å²) in [6, 6.07) is 1.87. The molecule has 0 saturated carbocycles. The molecule has 1 aliphatic heterocycles. The van der Waals surface area contributed by atoms with E-state index in [1.807, 2.05) is 20.8 Å². The molecule has 0 bridgehead atoms. The highest BCUT2D eigenvalue weighted by atomic mass is 79.9. The van der Waals surface area contributed by atoms with E-state index in [1.54, 1.807) is 0 Å². The summed E-state index contributed by atoms with van der Waals surface area (Å²) in [5.74, 6) is -1.17. The summed E-state index contributed by atoms with van der Waals surface area (Å²) >= 11 is 3.07. The molecule has 1 saturated heterocycles. The maximum absolute atomic E-state index is 14.1. The van der Waals surface area contributed by atoms with Crippen molar-refractivity contribution in [1.82, 2.24) is 0 Å². The van der Waals surface area contributed by atoms with Crippen molar-refractivity contribution in [3.05, 3.63) is 33.8 Å². The van der Waals surface area contributed by atoms with Gasteiger partial charge in [0.05, 0.1) is 16.7 Å². The average Bonchev–Trinajstić information content (AvgIpc) is 2.58. The Morgan fingerprint density at radius 3 is 2.37 bits per heavy atom. The highest BCUT2D eigenvalue weighted by molar-refractivity contribution is 9.10. The van der Waals surface area contributed by atoms with Crippen LogP contribution in [0.3, 0.4) is 0 Å². The number of hydrogen-bond donors (Lipinski definition) is 1. The topological polar surface area (TPSA) is 35.2 Å². The zero-order valence-electron chi connectivity index (χ0n) is 11.2. The van der Waals surface area contributed by atoms with Gasteiger partial charge in [-0.15, -0.1) is 0 Å². The minimum absolute atomic E-state index is 0.0457. The van der Waals surface area contributed by atoms with Gasteiger partial charge >= 0.3 is 0 Å². The Kier molecular flexibility index (Phi) is 4.28. The lowest BCUT2D eigenvalue weighted by Crippen LogP contribution is -2.32. The molecule has 0 amide bonds. The number of nitrogens with two attached hydrogens (primary N) is 1. The maximum Gasteiger partial charge on any atom is 0.145 e. The van der Waals surface area contributed by atoms with Gasteiger partial charge in [-0.25, -0.2) is 8.78 Å². The molecule has 19 heavy (non-hydrogen) atoms. The Morgan fingerprint density at radius 2 is 1.84 bits per heavy atom. The van der Waals surface area contributed by atoms with Crippen molar-refractivity contribution in [3.8, 4) is 0 Å². The van der Waals surface area contributed by atoms with Crippen LogP contribution in [-0.2, 0) is 4.74 Å². The van der Waals surface area contributed by atoms with E-state index in [-0.39, 0.29) is 34.1 Å². The molecule has 0 aliphatic carbocycles. The highest BCUT2D eigenvalue weighted by Crippen LogP contribution is 2.41. The fraction of sp³-hybridized carbons (Fsp3) is 0.571. The van der Waals surface area contributed by atoms with Gasteiger partial charge < -0.3 is 10.5 Å². The van der Waals surface area contributed by atoms with Crippen molar-refractivity contribution < 1.29 is 13.5 Å². The first kappa shape index (κ1) is 14.9. The van der Waals surface area contributed by atoms with Gasteiger partial charge in [-0.2, -0.15) is 0 Å². The van der Waals surface area contributed by atoms with E-state index in [0.717, 1.165) is 0 Å². The Bertz CT molecular complexity index is 483. The van der Waals surface area contributed by atoms with Gasteiger partial charge in [0, 0.05) is 17.5 Å². The monoisotopic (exact) mass is 333 g/mol. The summed E-state index contributed by atoms with van der Waals surface area (Å²) < 4.78 is 33.9. The molecule has 106 valence electrons. The second-order valence-corrected chi connectivity index (χ2v) is 6.12. The molecule has 5 atom stereocenters. The highest BCUT2D eigenvalue weighted by Gasteiger charge is 2.42. The normalized spacial score (nSPS) is 32.6. The summed E-state index contributed by atoms with van der Waals surface area (Å²) in [7, 11) is 0. The second kappa shape index (κ2) is 5.46. The van der Waals surface area contributed by atoms with Gasteiger partial charge in [-0.3, -0.25) is 0 Å². The second-order valence-electron chi connectivity index (χ2n) is 5.27. The van der Waals surface area contributed by atoms with E-state index >= 15 is 0 Å². The van der Waals surface area contributed by atoms with Crippen molar-refractivity contribution in [1.29, 1.82) is 0 Å². The van der Waals surface area contributed by atoms with Gasteiger partial charge in [-0.1, -0.05) is 6.92 Å². The van der Waals surface area contributed by atoms with E-state index < -0.39 is 17.7 Å². The van der Waals surface area contributed by atoms with Crippen LogP contribution in [0.1, 0.15) is 32.4 Å². The van der Waals surface area contributed by atoms with Crippen LogP contribution in [0.4, 0.5) is 8.78 Å². The van der Waals surface area contributed by atoms with Crippen LogP contribution >= 0.6 is 15.9 Å². The van der Waals surface area contributed by atoms with E-state index in [0.29, 0.717) is 0 Å². The lowest BCUT2D eigenvalue weighted by Gasteiger charge is -2.26. The molecule has 1 aromatic rings.